The number of aromatic nitrogens is 1. The van der Waals surface area contributed by atoms with Crippen LogP contribution in [0.1, 0.15) is 55.8 Å². The molecule has 2 aliphatic rings. The standard InChI is InChI=1S/C32H34N2O7/c1-3-5-6-14-39-24-11-9-22(17-26(24)38-4-2)29-28(30(35)23-10-12-25-27(18-23)41-16-15-40-25)31(36)32(37)34(29)20-21-8-7-13-33-19-21/h7-13,17-19,29,35H,3-6,14-16,20H2,1-2H3/b30-28-. The predicted molar refractivity (Wildman–Crippen MR) is 152 cm³/mol. The first-order valence-corrected chi connectivity index (χ1v) is 14.0. The van der Waals surface area contributed by atoms with Crippen molar-refractivity contribution >= 4 is 17.4 Å². The molecule has 5 rings (SSSR count). The monoisotopic (exact) mass is 558 g/mol. The first-order chi connectivity index (χ1) is 20.0. The SMILES string of the molecule is CCCCCOc1ccc(C2/C(=C(/O)c3ccc4c(c3)OCCO4)C(=O)C(=O)N2Cc2cccnc2)cc1OCC. The van der Waals surface area contributed by atoms with Crippen molar-refractivity contribution in [3.8, 4) is 23.0 Å². The number of ketones is 1. The second kappa shape index (κ2) is 12.8. The predicted octanol–water partition coefficient (Wildman–Crippen LogP) is 5.44. The van der Waals surface area contributed by atoms with Gasteiger partial charge in [0.1, 0.15) is 19.0 Å². The first-order valence-electron chi connectivity index (χ1n) is 14.0. The van der Waals surface area contributed by atoms with Gasteiger partial charge in [-0.05, 0) is 60.9 Å². The van der Waals surface area contributed by atoms with Crippen molar-refractivity contribution in [3.05, 3.63) is 83.2 Å². The third-order valence-electron chi connectivity index (χ3n) is 7.02. The zero-order valence-electron chi connectivity index (χ0n) is 23.3. The van der Waals surface area contributed by atoms with Crippen LogP contribution in [0.25, 0.3) is 5.76 Å². The lowest BCUT2D eigenvalue weighted by Gasteiger charge is -2.26. The van der Waals surface area contributed by atoms with Crippen LogP contribution < -0.4 is 18.9 Å². The van der Waals surface area contributed by atoms with Gasteiger partial charge in [0.2, 0.25) is 0 Å². The van der Waals surface area contributed by atoms with E-state index in [0.29, 0.717) is 60.6 Å². The summed E-state index contributed by atoms with van der Waals surface area (Å²) in [5, 5.41) is 11.5. The maximum absolute atomic E-state index is 13.5. The Labute approximate surface area is 239 Å². The van der Waals surface area contributed by atoms with E-state index in [1.807, 2.05) is 19.1 Å². The molecule has 3 heterocycles. The number of rotatable bonds is 11. The number of nitrogens with zero attached hydrogens (tertiary/aromatic N) is 2. The summed E-state index contributed by atoms with van der Waals surface area (Å²) in [6.07, 6.45) is 6.36. The van der Waals surface area contributed by atoms with Crippen molar-refractivity contribution < 1.29 is 33.6 Å². The van der Waals surface area contributed by atoms with Crippen LogP contribution in [0.3, 0.4) is 0 Å². The number of aliphatic hydroxyl groups is 1. The molecule has 0 saturated carbocycles. The zero-order chi connectivity index (χ0) is 28.8. The Morgan fingerprint density at radius 2 is 1.83 bits per heavy atom. The summed E-state index contributed by atoms with van der Waals surface area (Å²) in [5.74, 6) is 0.328. The molecule has 41 heavy (non-hydrogen) atoms. The molecule has 0 spiro atoms. The molecule has 0 aliphatic carbocycles. The number of amides is 1. The Morgan fingerprint density at radius 1 is 1.00 bits per heavy atom. The van der Waals surface area contributed by atoms with Crippen LogP contribution in [0.5, 0.6) is 23.0 Å². The Kier molecular flexibility index (Phi) is 8.72. The Balaban J connectivity index is 1.59. The number of ether oxygens (including phenoxy) is 4. The van der Waals surface area contributed by atoms with E-state index in [9.17, 15) is 14.7 Å². The minimum absolute atomic E-state index is 0.0189. The summed E-state index contributed by atoms with van der Waals surface area (Å²) >= 11 is 0. The van der Waals surface area contributed by atoms with E-state index in [1.165, 1.54) is 4.90 Å². The fourth-order valence-electron chi connectivity index (χ4n) is 5.04. The number of aliphatic hydroxyl groups excluding tert-OH is 1. The van der Waals surface area contributed by atoms with Crippen LogP contribution in [0.4, 0.5) is 0 Å². The second-order valence-corrected chi connectivity index (χ2v) is 9.84. The highest BCUT2D eigenvalue weighted by atomic mass is 16.6. The van der Waals surface area contributed by atoms with Gasteiger partial charge in [0, 0.05) is 24.5 Å². The van der Waals surface area contributed by atoms with Gasteiger partial charge < -0.3 is 29.0 Å². The molecular formula is C32H34N2O7. The molecule has 1 aromatic heterocycles. The van der Waals surface area contributed by atoms with Crippen LogP contribution in [-0.4, -0.2) is 53.1 Å². The Morgan fingerprint density at radius 3 is 2.59 bits per heavy atom. The third-order valence-corrected chi connectivity index (χ3v) is 7.02. The highest BCUT2D eigenvalue weighted by molar-refractivity contribution is 6.46. The zero-order valence-corrected chi connectivity index (χ0v) is 23.3. The van der Waals surface area contributed by atoms with Crippen molar-refractivity contribution in [2.75, 3.05) is 26.4 Å². The van der Waals surface area contributed by atoms with Crippen LogP contribution in [0.2, 0.25) is 0 Å². The van der Waals surface area contributed by atoms with Gasteiger partial charge in [-0.15, -0.1) is 0 Å². The van der Waals surface area contributed by atoms with Crippen molar-refractivity contribution in [2.24, 2.45) is 0 Å². The number of pyridine rings is 1. The van der Waals surface area contributed by atoms with Gasteiger partial charge in [-0.25, -0.2) is 0 Å². The van der Waals surface area contributed by atoms with Crippen LogP contribution in [0.15, 0.2) is 66.5 Å². The number of carbonyl (C=O) groups is 2. The minimum atomic E-state index is -0.878. The lowest BCUT2D eigenvalue weighted by Crippen LogP contribution is -2.29. The largest absolute Gasteiger partial charge is 0.507 e. The minimum Gasteiger partial charge on any atom is -0.507 e. The first kappa shape index (κ1) is 28.0. The van der Waals surface area contributed by atoms with Gasteiger partial charge in [-0.1, -0.05) is 31.9 Å². The van der Waals surface area contributed by atoms with Crippen LogP contribution in [0, 0.1) is 0 Å². The summed E-state index contributed by atoms with van der Waals surface area (Å²) in [7, 11) is 0. The lowest BCUT2D eigenvalue weighted by atomic mass is 9.94. The molecule has 9 nitrogen and oxygen atoms in total. The number of hydrogen-bond donors (Lipinski definition) is 1. The van der Waals surface area contributed by atoms with Crippen LogP contribution >= 0.6 is 0 Å². The molecule has 0 radical (unpaired) electrons. The Bertz CT molecular complexity index is 1440. The summed E-state index contributed by atoms with van der Waals surface area (Å²) < 4.78 is 23.2. The van der Waals surface area contributed by atoms with E-state index in [2.05, 4.69) is 11.9 Å². The van der Waals surface area contributed by atoms with E-state index < -0.39 is 17.7 Å². The number of benzene rings is 2. The highest BCUT2D eigenvalue weighted by Gasteiger charge is 2.46. The fraction of sp³-hybridized carbons (Fsp3) is 0.344. The topological polar surface area (TPSA) is 107 Å². The summed E-state index contributed by atoms with van der Waals surface area (Å²) in [6, 6.07) is 13.1. The maximum atomic E-state index is 13.5. The molecule has 1 atom stereocenters. The molecule has 2 aromatic carbocycles. The average Bonchev–Trinajstić information content (AvgIpc) is 3.25. The van der Waals surface area contributed by atoms with Gasteiger partial charge >= 0.3 is 0 Å². The number of hydrogen-bond acceptors (Lipinski definition) is 8. The fourth-order valence-corrected chi connectivity index (χ4v) is 5.04. The molecule has 0 bridgehead atoms. The van der Waals surface area contributed by atoms with Crippen molar-refractivity contribution in [2.45, 2.75) is 45.7 Å². The average molecular weight is 559 g/mol. The quantitative estimate of drug-likeness (QED) is 0.143. The van der Waals surface area contributed by atoms with E-state index in [1.54, 1.807) is 48.8 Å². The molecule has 1 unspecified atom stereocenters. The smallest absolute Gasteiger partial charge is 0.295 e. The number of unbranched alkanes of at least 4 members (excludes halogenated alkanes) is 2. The van der Waals surface area contributed by atoms with E-state index in [-0.39, 0.29) is 17.9 Å². The number of carbonyl (C=O) groups excluding carboxylic acids is 2. The van der Waals surface area contributed by atoms with Crippen molar-refractivity contribution in [3.63, 3.8) is 0 Å². The molecule has 214 valence electrons. The van der Waals surface area contributed by atoms with E-state index in [4.69, 9.17) is 18.9 Å². The molecule has 1 saturated heterocycles. The summed E-state index contributed by atoms with van der Waals surface area (Å²) in [6.45, 7) is 5.90. The van der Waals surface area contributed by atoms with E-state index >= 15 is 0 Å². The number of Topliss-reactive ketones (excluding diaryl/α,β-unsaturated/α-hetero) is 1. The van der Waals surface area contributed by atoms with Gasteiger partial charge in [0.25, 0.3) is 11.7 Å². The molecule has 1 amide bonds. The Hall–Kier alpha value is -4.53. The van der Waals surface area contributed by atoms with Gasteiger partial charge in [-0.3, -0.25) is 14.6 Å². The van der Waals surface area contributed by atoms with Gasteiger partial charge in [-0.2, -0.15) is 0 Å². The number of fused-ring (bicyclic) bond motifs is 1. The van der Waals surface area contributed by atoms with Gasteiger partial charge in [0.15, 0.2) is 23.0 Å². The molecule has 9 heteroatoms. The van der Waals surface area contributed by atoms with Crippen molar-refractivity contribution in [1.29, 1.82) is 0 Å². The molecular weight excluding hydrogens is 524 g/mol. The third kappa shape index (κ3) is 5.99. The second-order valence-electron chi connectivity index (χ2n) is 9.84. The molecule has 2 aliphatic heterocycles. The van der Waals surface area contributed by atoms with Crippen molar-refractivity contribution in [1.82, 2.24) is 9.88 Å². The summed E-state index contributed by atoms with van der Waals surface area (Å²) in [5.41, 5.74) is 1.69. The van der Waals surface area contributed by atoms with Crippen LogP contribution in [-0.2, 0) is 16.1 Å². The number of likely N-dealkylation sites (tertiary alicyclic amines) is 1. The molecule has 1 N–H and O–H groups in total. The van der Waals surface area contributed by atoms with Gasteiger partial charge in [0.05, 0.1) is 24.8 Å². The summed E-state index contributed by atoms with van der Waals surface area (Å²) in [4.78, 5) is 32.6. The molecule has 1 fully saturated rings. The normalized spacial score (nSPS) is 17.5. The highest BCUT2D eigenvalue weighted by Crippen LogP contribution is 2.43. The lowest BCUT2D eigenvalue weighted by molar-refractivity contribution is -0.140. The maximum Gasteiger partial charge on any atom is 0.295 e. The van der Waals surface area contributed by atoms with E-state index in [0.717, 1.165) is 24.8 Å². The molecule has 3 aromatic rings.